The van der Waals surface area contributed by atoms with Crippen molar-refractivity contribution >= 4 is 11.9 Å². The van der Waals surface area contributed by atoms with E-state index in [1.807, 2.05) is 0 Å². The number of carbonyl (C=O) groups is 2. The van der Waals surface area contributed by atoms with Gasteiger partial charge in [-0.25, -0.2) is 9.59 Å². The first-order valence-electron chi connectivity index (χ1n) is 8.35. The van der Waals surface area contributed by atoms with Crippen LogP contribution in [0.25, 0.3) is 0 Å². The Morgan fingerprint density at radius 1 is 1.04 bits per heavy atom. The normalized spacial score (nSPS) is 17.3. The van der Waals surface area contributed by atoms with Gasteiger partial charge in [-0.05, 0) is 56.9 Å². The van der Waals surface area contributed by atoms with E-state index in [0.717, 1.165) is 19.3 Å². The van der Waals surface area contributed by atoms with Gasteiger partial charge in [0.05, 0.1) is 30.9 Å². The fourth-order valence-corrected chi connectivity index (χ4v) is 2.47. The summed E-state index contributed by atoms with van der Waals surface area (Å²) in [4.78, 5) is 24.0. The van der Waals surface area contributed by atoms with E-state index in [0.29, 0.717) is 23.3 Å². The lowest BCUT2D eigenvalue weighted by atomic mass is 10.1. The quantitative estimate of drug-likeness (QED) is 0.713. The number of esters is 2. The largest absolute Gasteiger partial charge is 0.462 e. The summed E-state index contributed by atoms with van der Waals surface area (Å²) in [5.74, 6) is -0.947. The van der Waals surface area contributed by atoms with Crippen LogP contribution in [0.4, 0.5) is 0 Å². The molecular formula is C18H24O6. The van der Waals surface area contributed by atoms with Gasteiger partial charge in [-0.3, -0.25) is 0 Å². The van der Waals surface area contributed by atoms with Crippen LogP contribution in [0.2, 0.25) is 0 Å². The van der Waals surface area contributed by atoms with Crippen LogP contribution in [0.1, 0.15) is 59.4 Å². The van der Waals surface area contributed by atoms with Gasteiger partial charge in [-0.15, -0.1) is 0 Å². The van der Waals surface area contributed by atoms with E-state index < -0.39 is 11.9 Å². The van der Waals surface area contributed by atoms with Crippen molar-refractivity contribution < 1.29 is 28.5 Å². The zero-order chi connectivity index (χ0) is 17.4. The van der Waals surface area contributed by atoms with Gasteiger partial charge in [0.15, 0.2) is 6.29 Å². The Labute approximate surface area is 142 Å². The minimum atomic E-state index is -0.473. The van der Waals surface area contributed by atoms with Gasteiger partial charge in [-0.1, -0.05) is 0 Å². The molecule has 0 N–H and O–H groups in total. The zero-order valence-corrected chi connectivity index (χ0v) is 14.2. The number of hydrogen-bond donors (Lipinski definition) is 0. The Balaban J connectivity index is 2.14. The van der Waals surface area contributed by atoms with Crippen molar-refractivity contribution in [2.75, 3.05) is 19.8 Å². The van der Waals surface area contributed by atoms with Crippen LogP contribution in [0.3, 0.4) is 0 Å². The summed E-state index contributed by atoms with van der Waals surface area (Å²) >= 11 is 0. The second-order valence-electron chi connectivity index (χ2n) is 5.47. The Hall–Kier alpha value is -1.92. The highest BCUT2D eigenvalue weighted by molar-refractivity contribution is 5.95. The molecule has 1 aromatic carbocycles. The molecule has 0 spiro atoms. The summed E-state index contributed by atoms with van der Waals surface area (Å²) < 4.78 is 21.3. The standard InChI is InChI=1S/C18H24O6/c1-3-21-17(19)14-9-13(10-15(11-14)18(20)22-4-2)12-24-16-7-5-6-8-23-16/h9-11,16H,3-8,12H2,1-2H3. The lowest BCUT2D eigenvalue weighted by Crippen LogP contribution is -2.22. The maximum Gasteiger partial charge on any atom is 0.338 e. The molecule has 0 radical (unpaired) electrons. The van der Waals surface area contributed by atoms with Crippen molar-refractivity contribution in [1.82, 2.24) is 0 Å². The molecule has 1 aliphatic rings. The molecule has 6 heteroatoms. The van der Waals surface area contributed by atoms with Crippen molar-refractivity contribution in [3.05, 3.63) is 34.9 Å². The van der Waals surface area contributed by atoms with E-state index >= 15 is 0 Å². The summed E-state index contributed by atoms with van der Waals surface area (Å²) in [5, 5.41) is 0. The van der Waals surface area contributed by atoms with E-state index in [1.165, 1.54) is 6.07 Å². The molecule has 0 aromatic heterocycles. The summed E-state index contributed by atoms with van der Waals surface area (Å²) in [5.41, 5.74) is 1.33. The van der Waals surface area contributed by atoms with Gasteiger partial charge in [-0.2, -0.15) is 0 Å². The lowest BCUT2D eigenvalue weighted by molar-refractivity contribution is -0.168. The molecule has 0 aliphatic carbocycles. The first-order valence-corrected chi connectivity index (χ1v) is 8.35. The second kappa shape index (κ2) is 9.39. The van der Waals surface area contributed by atoms with Gasteiger partial charge >= 0.3 is 11.9 Å². The Morgan fingerprint density at radius 2 is 1.67 bits per heavy atom. The molecule has 6 nitrogen and oxygen atoms in total. The van der Waals surface area contributed by atoms with Gasteiger partial charge in [0.2, 0.25) is 0 Å². The van der Waals surface area contributed by atoms with Crippen molar-refractivity contribution in [3.63, 3.8) is 0 Å². The molecule has 0 saturated carbocycles. The zero-order valence-electron chi connectivity index (χ0n) is 14.2. The summed E-state index contributed by atoms with van der Waals surface area (Å²) in [7, 11) is 0. The molecule has 1 aliphatic heterocycles. The highest BCUT2D eigenvalue weighted by atomic mass is 16.7. The molecule has 0 amide bonds. The third-order valence-electron chi connectivity index (χ3n) is 3.59. The molecule has 1 heterocycles. The average Bonchev–Trinajstić information content (AvgIpc) is 2.61. The second-order valence-corrected chi connectivity index (χ2v) is 5.47. The smallest absolute Gasteiger partial charge is 0.338 e. The summed E-state index contributed by atoms with van der Waals surface area (Å²) in [6, 6.07) is 4.82. The first-order chi connectivity index (χ1) is 11.6. The monoisotopic (exact) mass is 336 g/mol. The van der Waals surface area contributed by atoms with Gasteiger partial charge in [0, 0.05) is 6.61 Å². The maximum atomic E-state index is 12.0. The minimum absolute atomic E-state index is 0.240. The highest BCUT2D eigenvalue weighted by Gasteiger charge is 2.17. The number of rotatable bonds is 7. The molecule has 1 aromatic rings. The molecule has 1 fully saturated rings. The summed E-state index contributed by atoms with van der Waals surface area (Å²) in [6.07, 6.45) is 2.73. The maximum absolute atomic E-state index is 12.0. The van der Waals surface area contributed by atoms with Gasteiger partial charge in [0.1, 0.15) is 0 Å². The van der Waals surface area contributed by atoms with E-state index in [1.54, 1.807) is 26.0 Å². The Bertz CT molecular complexity index is 526. The molecule has 2 rings (SSSR count). The van der Waals surface area contributed by atoms with Crippen molar-refractivity contribution in [2.45, 2.75) is 46.0 Å². The third kappa shape index (κ3) is 5.32. The van der Waals surface area contributed by atoms with E-state index in [-0.39, 0.29) is 26.1 Å². The fourth-order valence-electron chi connectivity index (χ4n) is 2.47. The first kappa shape index (κ1) is 18.4. The van der Waals surface area contributed by atoms with Crippen LogP contribution in [0.15, 0.2) is 18.2 Å². The lowest BCUT2D eigenvalue weighted by Gasteiger charge is -2.22. The number of ether oxygens (including phenoxy) is 4. The topological polar surface area (TPSA) is 71.1 Å². The molecule has 24 heavy (non-hydrogen) atoms. The molecule has 0 bridgehead atoms. The SMILES string of the molecule is CCOC(=O)c1cc(COC2CCCCO2)cc(C(=O)OCC)c1. The molecule has 132 valence electrons. The van der Waals surface area contributed by atoms with Crippen LogP contribution >= 0.6 is 0 Å². The Morgan fingerprint density at radius 3 is 2.17 bits per heavy atom. The summed E-state index contributed by atoms with van der Waals surface area (Å²) in [6.45, 7) is 4.95. The Kier molecular flexibility index (Phi) is 7.21. The van der Waals surface area contributed by atoms with Crippen molar-refractivity contribution in [2.24, 2.45) is 0 Å². The number of benzene rings is 1. The molecule has 1 saturated heterocycles. The molecule has 1 atom stereocenters. The van der Waals surface area contributed by atoms with Crippen LogP contribution in [0, 0.1) is 0 Å². The highest BCUT2D eigenvalue weighted by Crippen LogP contribution is 2.18. The average molecular weight is 336 g/mol. The van der Waals surface area contributed by atoms with E-state index in [9.17, 15) is 9.59 Å². The van der Waals surface area contributed by atoms with Crippen LogP contribution < -0.4 is 0 Å². The van der Waals surface area contributed by atoms with Gasteiger partial charge < -0.3 is 18.9 Å². The molecule has 1 unspecified atom stereocenters. The molecular weight excluding hydrogens is 312 g/mol. The number of carbonyl (C=O) groups excluding carboxylic acids is 2. The van der Waals surface area contributed by atoms with Gasteiger partial charge in [0.25, 0.3) is 0 Å². The predicted octanol–water partition coefficient (Wildman–Crippen LogP) is 3.08. The van der Waals surface area contributed by atoms with E-state index in [4.69, 9.17) is 18.9 Å². The third-order valence-corrected chi connectivity index (χ3v) is 3.59. The van der Waals surface area contributed by atoms with Crippen LogP contribution in [0.5, 0.6) is 0 Å². The van der Waals surface area contributed by atoms with E-state index in [2.05, 4.69) is 0 Å². The minimum Gasteiger partial charge on any atom is -0.462 e. The van der Waals surface area contributed by atoms with Crippen LogP contribution in [-0.2, 0) is 25.6 Å². The van der Waals surface area contributed by atoms with Crippen molar-refractivity contribution in [3.8, 4) is 0 Å². The van der Waals surface area contributed by atoms with Crippen LogP contribution in [-0.4, -0.2) is 38.0 Å². The predicted molar refractivity (Wildman–Crippen MR) is 86.7 cm³/mol. The number of hydrogen-bond acceptors (Lipinski definition) is 6. The van der Waals surface area contributed by atoms with Crippen molar-refractivity contribution in [1.29, 1.82) is 0 Å². The fraction of sp³-hybridized carbons (Fsp3) is 0.556.